The highest BCUT2D eigenvalue weighted by Crippen LogP contribution is 2.41. The first-order valence-corrected chi connectivity index (χ1v) is 9.97. The van der Waals surface area contributed by atoms with Crippen LogP contribution >= 0.6 is 11.5 Å². The van der Waals surface area contributed by atoms with Gasteiger partial charge in [0.25, 0.3) is 5.91 Å². The monoisotopic (exact) mass is 383 g/mol. The third-order valence-corrected chi connectivity index (χ3v) is 5.26. The first-order valence-electron chi connectivity index (χ1n) is 9.19. The second-order valence-electron chi connectivity index (χ2n) is 6.60. The fraction of sp³-hybridized carbons (Fsp3) is 0.444. The second kappa shape index (κ2) is 7.91. The van der Waals surface area contributed by atoms with Crippen molar-refractivity contribution in [3.05, 3.63) is 40.9 Å². The molecule has 0 spiro atoms. The molecule has 0 bridgehead atoms. The Bertz CT molecular complexity index is 917. The van der Waals surface area contributed by atoms with E-state index in [1.54, 1.807) is 18.6 Å². The molecular formula is C18H21N7OS. The van der Waals surface area contributed by atoms with E-state index in [1.165, 1.54) is 18.5 Å². The third-order valence-electron chi connectivity index (χ3n) is 4.49. The van der Waals surface area contributed by atoms with E-state index >= 15 is 0 Å². The van der Waals surface area contributed by atoms with Gasteiger partial charge in [-0.25, -0.2) is 0 Å². The van der Waals surface area contributed by atoms with Crippen molar-refractivity contribution in [2.45, 2.75) is 45.1 Å². The fourth-order valence-electron chi connectivity index (χ4n) is 3.01. The van der Waals surface area contributed by atoms with Crippen LogP contribution in [-0.2, 0) is 13.0 Å². The molecule has 140 valence electrons. The minimum absolute atomic E-state index is 0.109. The van der Waals surface area contributed by atoms with Gasteiger partial charge in [0.15, 0.2) is 0 Å². The average Bonchev–Trinajstić information content (AvgIpc) is 3.28. The Balaban J connectivity index is 1.43. The van der Waals surface area contributed by atoms with Crippen molar-refractivity contribution >= 4 is 17.4 Å². The molecule has 3 aromatic heterocycles. The number of carbonyl (C=O) groups is 1. The van der Waals surface area contributed by atoms with E-state index in [0.717, 1.165) is 41.5 Å². The first-order chi connectivity index (χ1) is 13.3. The summed E-state index contributed by atoms with van der Waals surface area (Å²) in [5, 5.41) is 11.7. The minimum Gasteiger partial charge on any atom is -0.349 e. The zero-order valence-corrected chi connectivity index (χ0v) is 15.9. The van der Waals surface area contributed by atoms with Crippen molar-refractivity contribution in [2.75, 3.05) is 6.54 Å². The van der Waals surface area contributed by atoms with Crippen molar-refractivity contribution in [3.8, 4) is 11.4 Å². The van der Waals surface area contributed by atoms with Crippen LogP contribution in [0.2, 0.25) is 0 Å². The number of aryl methyl sites for hydroxylation is 1. The molecule has 4 rings (SSSR count). The molecule has 0 radical (unpaired) electrons. The lowest BCUT2D eigenvalue weighted by molar-refractivity contribution is 0.0954. The third kappa shape index (κ3) is 4.02. The van der Waals surface area contributed by atoms with Gasteiger partial charge in [0.2, 0.25) is 0 Å². The number of nitrogens with zero attached hydrogens (tertiary/aromatic N) is 6. The van der Waals surface area contributed by atoms with E-state index in [4.69, 9.17) is 0 Å². The Hall–Kier alpha value is -2.68. The number of rotatable bonds is 8. The van der Waals surface area contributed by atoms with Crippen LogP contribution in [0.4, 0.5) is 0 Å². The van der Waals surface area contributed by atoms with Gasteiger partial charge in [0.1, 0.15) is 16.3 Å². The Kier molecular flexibility index (Phi) is 5.19. The van der Waals surface area contributed by atoms with Crippen molar-refractivity contribution in [1.82, 2.24) is 34.7 Å². The van der Waals surface area contributed by atoms with Crippen LogP contribution in [-0.4, -0.2) is 41.8 Å². The van der Waals surface area contributed by atoms with Crippen LogP contribution in [0.1, 0.15) is 53.2 Å². The van der Waals surface area contributed by atoms with E-state index in [-0.39, 0.29) is 5.91 Å². The lowest BCUT2D eigenvalue weighted by Gasteiger charge is -2.08. The maximum Gasteiger partial charge on any atom is 0.265 e. The van der Waals surface area contributed by atoms with Crippen LogP contribution in [0.5, 0.6) is 0 Å². The van der Waals surface area contributed by atoms with E-state index in [0.29, 0.717) is 23.9 Å². The van der Waals surface area contributed by atoms with Gasteiger partial charge >= 0.3 is 0 Å². The summed E-state index contributed by atoms with van der Waals surface area (Å²) in [4.78, 5) is 21.5. The molecule has 27 heavy (non-hydrogen) atoms. The van der Waals surface area contributed by atoms with Crippen molar-refractivity contribution < 1.29 is 4.79 Å². The topological polar surface area (TPSA) is 98.5 Å². The van der Waals surface area contributed by atoms with E-state index in [9.17, 15) is 4.79 Å². The molecule has 0 aliphatic heterocycles. The second-order valence-corrected chi connectivity index (χ2v) is 7.35. The van der Waals surface area contributed by atoms with Gasteiger partial charge in [0, 0.05) is 30.6 Å². The molecular weight excluding hydrogens is 362 g/mol. The maximum atomic E-state index is 12.4. The Morgan fingerprint density at radius 1 is 1.33 bits per heavy atom. The van der Waals surface area contributed by atoms with Gasteiger partial charge in [0.05, 0.1) is 18.4 Å². The van der Waals surface area contributed by atoms with Crippen LogP contribution in [0.25, 0.3) is 11.4 Å². The number of amides is 1. The molecule has 9 heteroatoms. The largest absolute Gasteiger partial charge is 0.349 e. The highest BCUT2D eigenvalue weighted by molar-refractivity contribution is 7.08. The Labute approximate surface area is 161 Å². The minimum atomic E-state index is -0.109. The van der Waals surface area contributed by atoms with Crippen LogP contribution in [0.3, 0.4) is 0 Å². The average molecular weight is 383 g/mol. The van der Waals surface area contributed by atoms with Gasteiger partial charge in [-0.15, -0.1) is 5.10 Å². The maximum absolute atomic E-state index is 12.4. The molecule has 8 nitrogen and oxygen atoms in total. The summed E-state index contributed by atoms with van der Waals surface area (Å²) in [5.41, 5.74) is 3.58. The molecule has 0 saturated heterocycles. The summed E-state index contributed by atoms with van der Waals surface area (Å²) < 4.78 is 5.90. The number of aromatic nitrogens is 6. The van der Waals surface area contributed by atoms with Crippen LogP contribution < -0.4 is 5.32 Å². The quantitative estimate of drug-likeness (QED) is 0.641. The Morgan fingerprint density at radius 3 is 2.96 bits per heavy atom. The number of hydrogen-bond donors (Lipinski definition) is 1. The molecule has 1 aliphatic carbocycles. The van der Waals surface area contributed by atoms with Gasteiger partial charge in [-0.05, 0) is 36.9 Å². The Morgan fingerprint density at radius 2 is 2.22 bits per heavy atom. The molecule has 1 amide bonds. The van der Waals surface area contributed by atoms with E-state index in [1.807, 2.05) is 4.68 Å². The van der Waals surface area contributed by atoms with Crippen LogP contribution in [0, 0.1) is 0 Å². The number of nitrogens with one attached hydrogen (secondary N) is 1. The van der Waals surface area contributed by atoms with Crippen LogP contribution in [0.15, 0.2) is 24.7 Å². The molecule has 1 N–H and O–H groups in total. The van der Waals surface area contributed by atoms with Crippen molar-refractivity contribution in [2.24, 2.45) is 0 Å². The fourth-order valence-corrected chi connectivity index (χ4v) is 3.64. The molecule has 1 saturated carbocycles. The van der Waals surface area contributed by atoms with E-state index in [2.05, 4.69) is 43.0 Å². The summed E-state index contributed by atoms with van der Waals surface area (Å²) in [6, 6.07) is 2.09. The number of carbonyl (C=O) groups excluding carboxylic acids is 1. The summed E-state index contributed by atoms with van der Waals surface area (Å²) in [6.45, 7) is 3.18. The van der Waals surface area contributed by atoms with Gasteiger partial charge in [-0.2, -0.15) is 5.10 Å². The zero-order chi connectivity index (χ0) is 18.6. The molecule has 1 fully saturated rings. The van der Waals surface area contributed by atoms with Crippen molar-refractivity contribution in [1.29, 1.82) is 0 Å². The lowest BCUT2D eigenvalue weighted by atomic mass is 10.2. The van der Waals surface area contributed by atoms with E-state index < -0.39 is 0 Å². The zero-order valence-electron chi connectivity index (χ0n) is 15.1. The normalized spacial score (nSPS) is 13.7. The molecule has 3 aromatic rings. The van der Waals surface area contributed by atoms with Gasteiger partial charge < -0.3 is 5.32 Å². The van der Waals surface area contributed by atoms with Crippen molar-refractivity contribution in [3.63, 3.8) is 0 Å². The summed E-state index contributed by atoms with van der Waals surface area (Å²) in [7, 11) is 0. The predicted octanol–water partition coefficient (Wildman–Crippen LogP) is 2.45. The number of hydrogen-bond acceptors (Lipinski definition) is 7. The smallest absolute Gasteiger partial charge is 0.265 e. The summed E-state index contributed by atoms with van der Waals surface area (Å²) in [6.07, 6.45) is 9.12. The highest BCUT2D eigenvalue weighted by Gasteiger charge is 2.28. The lowest BCUT2D eigenvalue weighted by Crippen LogP contribution is -2.28. The molecule has 3 heterocycles. The summed E-state index contributed by atoms with van der Waals surface area (Å²) >= 11 is 1.15. The molecule has 0 atom stereocenters. The molecule has 1 aliphatic rings. The highest BCUT2D eigenvalue weighted by atomic mass is 32.1. The van der Waals surface area contributed by atoms with Gasteiger partial charge in [-0.1, -0.05) is 17.8 Å². The van der Waals surface area contributed by atoms with Gasteiger partial charge in [-0.3, -0.25) is 19.4 Å². The SMILES string of the molecule is CCCc1nnsc1C(=O)NCCn1nc(-c2cnccn2)cc1C1CC1. The molecule has 0 unspecified atom stereocenters. The first kappa shape index (κ1) is 17.7. The molecule has 0 aromatic carbocycles. The predicted molar refractivity (Wildman–Crippen MR) is 101 cm³/mol. The standard InChI is InChI=1S/C18H21N7OS/c1-2-3-13-17(27-24-22-13)18(26)21-8-9-25-16(12-4-5-12)10-14(23-25)15-11-19-6-7-20-15/h6-7,10-12H,2-5,8-9H2,1H3,(H,21,26). The summed E-state index contributed by atoms with van der Waals surface area (Å²) in [5.74, 6) is 0.447.